The van der Waals surface area contributed by atoms with Gasteiger partial charge in [-0.15, -0.1) is 0 Å². The topological polar surface area (TPSA) is 14.1 Å². The highest BCUT2D eigenvalue weighted by Gasteiger charge is 2.35. The molecule has 1 aliphatic carbocycles. The minimum atomic E-state index is -0.229. The SMILES string of the molecule is CC1(C)c2cccc3c4cc(F)c[nH+]c4c4cccc1c4c23. The molecular weight excluding hydrogens is 273 g/mol. The van der Waals surface area contributed by atoms with Crippen LogP contribution in [-0.4, -0.2) is 0 Å². The van der Waals surface area contributed by atoms with Gasteiger partial charge in [0.15, 0.2) is 5.82 Å². The van der Waals surface area contributed by atoms with Crippen molar-refractivity contribution < 1.29 is 9.37 Å². The molecule has 3 aromatic carbocycles. The number of pyridine rings is 1. The van der Waals surface area contributed by atoms with Crippen molar-refractivity contribution in [2.75, 3.05) is 0 Å². The Balaban J connectivity index is 2.23. The van der Waals surface area contributed by atoms with Gasteiger partial charge >= 0.3 is 0 Å². The van der Waals surface area contributed by atoms with Crippen molar-refractivity contribution in [3.63, 3.8) is 0 Å². The van der Waals surface area contributed by atoms with E-state index in [0.717, 1.165) is 16.3 Å². The molecule has 0 spiro atoms. The van der Waals surface area contributed by atoms with E-state index in [1.807, 2.05) is 0 Å². The van der Waals surface area contributed by atoms with Crippen LogP contribution in [0.5, 0.6) is 0 Å². The van der Waals surface area contributed by atoms with E-state index in [-0.39, 0.29) is 11.2 Å². The number of benzene rings is 3. The lowest BCUT2D eigenvalue weighted by molar-refractivity contribution is -0.346. The third-order valence-corrected chi connectivity index (χ3v) is 5.19. The second-order valence-electron chi connectivity index (χ2n) is 6.69. The monoisotopic (exact) mass is 288 g/mol. The fourth-order valence-electron chi connectivity index (χ4n) is 4.17. The zero-order chi connectivity index (χ0) is 15.1. The normalized spacial score (nSPS) is 15.4. The lowest BCUT2D eigenvalue weighted by atomic mass is 9.82. The van der Waals surface area contributed by atoms with E-state index in [4.69, 9.17) is 0 Å². The summed E-state index contributed by atoms with van der Waals surface area (Å²) in [7, 11) is 0. The number of fused-ring (bicyclic) bond motifs is 3. The molecular formula is C20H15FN+. The molecule has 1 aliphatic rings. The van der Waals surface area contributed by atoms with Gasteiger partial charge in [0.25, 0.3) is 0 Å². The molecule has 22 heavy (non-hydrogen) atoms. The number of nitrogens with one attached hydrogen (secondary N) is 1. The zero-order valence-electron chi connectivity index (χ0n) is 12.5. The molecule has 1 nitrogen and oxygen atoms in total. The summed E-state index contributed by atoms with van der Waals surface area (Å²) in [6.45, 7) is 4.54. The summed E-state index contributed by atoms with van der Waals surface area (Å²) in [6.07, 6.45) is 1.44. The van der Waals surface area contributed by atoms with Crippen molar-refractivity contribution in [2.24, 2.45) is 0 Å². The van der Waals surface area contributed by atoms with E-state index in [9.17, 15) is 4.39 Å². The summed E-state index contributed by atoms with van der Waals surface area (Å²) >= 11 is 0. The highest BCUT2D eigenvalue weighted by atomic mass is 19.1. The Morgan fingerprint density at radius 3 is 2.23 bits per heavy atom. The summed E-state index contributed by atoms with van der Waals surface area (Å²) < 4.78 is 13.8. The molecule has 0 atom stereocenters. The molecule has 1 aromatic heterocycles. The molecule has 0 aliphatic heterocycles. The average molecular weight is 288 g/mol. The van der Waals surface area contributed by atoms with Crippen LogP contribution >= 0.6 is 0 Å². The van der Waals surface area contributed by atoms with Crippen LogP contribution in [0.4, 0.5) is 4.39 Å². The van der Waals surface area contributed by atoms with Gasteiger partial charge in [-0.1, -0.05) is 44.2 Å². The lowest BCUT2D eigenvalue weighted by Crippen LogP contribution is -2.14. The Morgan fingerprint density at radius 2 is 1.50 bits per heavy atom. The first kappa shape index (κ1) is 12.1. The number of rotatable bonds is 0. The fourth-order valence-corrected chi connectivity index (χ4v) is 4.17. The predicted molar refractivity (Wildman–Crippen MR) is 87.6 cm³/mol. The first-order valence-corrected chi connectivity index (χ1v) is 7.58. The quantitative estimate of drug-likeness (QED) is 0.415. The van der Waals surface area contributed by atoms with Crippen LogP contribution in [-0.2, 0) is 5.41 Å². The summed E-state index contributed by atoms with van der Waals surface area (Å²) in [6, 6.07) is 14.5. The van der Waals surface area contributed by atoms with Crippen molar-refractivity contribution in [1.29, 1.82) is 0 Å². The maximum atomic E-state index is 13.8. The van der Waals surface area contributed by atoms with E-state index < -0.39 is 0 Å². The molecule has 0 unspecified atom stereocenters. The Bertz CT molecular complexity index is 1110. The van der Waals surface area contributed by atoms with Crippen LogP contribution in [0.2, 0.25) is 0 Å². The maximum Gasteiger partial charge on any atom is 0.219 e. The van der Waals surface area contributed by atoms with Crippen LogP contribution < -0.4 is 4.98 Å². The van der Waals surface area contributed by atoms with Gasteiger partial charge in [-0.2, -0.15) is 0 Å². The van der Waals surface area contributed by atoms with Gasteiger partial charge in [-0.05, 0) is 34.0 Å². The first-order chi connectivity index (χ1) is 10.6. The van der Waals surface area contributed by atoms with Crippen molar-refractivity contribution in [2.45, 2.75) is 19.3 Å². The second-order valence-corrected chi connectivity index (χ2v) is 6.69. The molecule has 0 amide bonds. The van der Waals surface area contributed by atoms with Crippen molar-refractivity contribution >= 4 is 32.4 Å². The highest BCUT2D eigenvalue weighted by Crippen LogP contribution is 2.50. The molecule has 1 heterocycles. The zero-order valence-corrected chi connectivity index (χ0v) is 12.5. The number of hydrogen-bond acceptors (Lipinski definition) is 0. The molecule has 5 rings (SSSR count). The number of hydrogen-bond donors (Lipinski definition) is 0. The Labute approximate surface area is 127 Å². The molecule has 0 bridgehead atoms. The lowest BCUT2D eigenvalue weighted by Gasteiger charge is -2.21. The average Bonchev–Trinajstić information content (AvgIpc) is 2.76. The second kappa shape index (κ2) is 3.64. The highest BCUT2D eigenvalue weighted by molar-refractivity contribution is 6.27. The van der Waals surface area contributed by atoms with Gasteiger partial charge in [-0.25, -0.2) is 9.37 Å². The summed E-state index contributed by atoms with van der Waals surface area (Å²) in [5, 5.41) is 5.86. The minimum absolute atomic E-state index is 0.0166. The Morgan fingerprint density at radius 1 is 0.864 bits per heavy atom. The third-order valence-electron chi connectivity index (χ3n) is 5.19. The van der Waals surface area contributed by atoms with Crippen molar-refractivity contribution in [3.05, 3.63) is 65.6 Å². The first-order valence-electron chi connectivity index (χ1n) is 7.58. The molecule has 0 saturated carbocycles. The van der Waals surface area contributed by atoms with Gasteiger partial charge in [0.05, 0.1) is 10.8 Å². The van der Waals surface area contributed by atoms with Crippen molar-refractivity contribution in [3.8, 4) is 0 Å². The number of H-pyrrole nitrogens is 1. The standard InChI is InChI=1S/C20H14FN/c1-20(2)15-7-3-5-12-14-9-11(21)10-22-19(14)13-6-4-8-16(20)18(13)17(12)15/h3-10H,1-2H3/p+1. The van der Waals surface area contributed by atoms with Gasteiger partial charge in [0, 0.05) is 10.8 Å². The van der Waals surface area contributed by atoms with Gasteiger partial charge < -0.3 is 0 Å². The Kier molecular flexibility index (Phi) is 2.00. The van der Waals surface area contributed by atoms with Crippen LogP contribution in [0.25, 0.3) is 32.4 Å². The van der Waals surface area contributed by atoms with Crippen LogP contribution in [0.1, 0.15) is 25.0 Å². The molecule has 4 aromatic rings. The van der Waals surface area contributed by atoms with E-state index in [0.29, 0.717) is 0 Å². The summed E-state index contributed by atoms with van der Waals surface area (Å²) in [5.74, 6) is -0.229. The van der Waals surface area contributed by atoms with E-state index >= 15 is 0 Å². The third kappa shape index (κ3) is 1.22. The smallest absolute Gasteiger partial charge is 0.208 e. The van der Waals surface area contributed by atoms with E-state index in [1.54, 1.807) is 6.07 Å². The molecule has 0 radical (unpaired) electrons. The van der Waals surface area contributed by atoms with Gasteiger partial charge in [-0.3, -0.25) is 0 Å². The number of halogens is 1. The molecule has 0 fully saturated rings. The van der Waals surface area contributed by atoms with Crippen LogP contribution in [0.3, 0.4) is 0 Å². The van der Waals surface area contributed by atoms with Gasteiger partial charge in [0.2, 0.25) is 11.7 Å². The minimum Gasteiger partial charge on any atom is -0.208 e. The van der Waals surface area contributed by atoms with Gasteiger partial charge in [0.1, 0.15) is 0 Å². The maximum absolute atomic E-state index is 13.8. The molecule has 106 valence electrons. The van der Waals surface area contributed by atoms with Crippen LogP contribution in [0.15, 0.2) is 48.7 Å². The molecule has 1 N–H and O–H groups in total. The Hall–Kier alpha value is -2.48. The van der Waals surface area contributed by atoms with Crippen LogP contribution in [0, 0.1) is 5.82 Å². The molecule has 2 heteroatoms. The largest absolute Gasteiger partial charge is 0.219 e. The molecule has 0 saturated heterocycles. The predicted octanol–water partition coefficient (Wildman–Crippen LogP) is 4.74. The summed E-state index contributed by atoms with van der Waals surface area (Å²) in [5.41, 5.74) is 3.69. The number of aromatic amines is 1. The fraction of sp³-hybridized carbons (Fsp3) is 0.150. The van der Waals surface area contributed by atoms with E-state index in [2.05, 4.69) is 55.2 Å². The summed E-state index contributed by atoms with van der Waals surface area (Å²) in [4.78, 5) is 3.16. The van der Waals surface area contributed by atoms with Crippen molar-refractivity contribution in [1.82, 2.24) is 0 Å². The number of aromatic nitrogens is 1. The van der Waals surface area contributed by atoms with E-state index in [1.165, 1.54) is 33.5 Å².